The van der Waals surface area contributed by atoms with Crippen LogP contribution in [0, 0.1) is 5.82 Å². The van der Waals surface area contributed by atoms with Crippen LogP contribution in [-0.2, 0) is 5.33 Å². The second-order valence-electron chi connectivity index (χ2n) is 2.48. The summed E-state index contributed by atoms with van der Waals surface area (Å²) in [5, 5.41) is 0.885. The maximum Gasteiger partial charge on any atom is 0.130 e. The van der Waals surface area contributed by atoms with Crippen LogP contribution in [0.3, 0.4) is 0 Å². The second kappa shape index (κ2) is 3.52. The molecule has 0 N–H and O–H groups in total. The van der Waals surface area contributed by atoms with Gasteiger partial charge in [0.25, 0.3) is 0 Å². The van der Waals surface area contributed by atoms with Crippen LogP contribution in [0.4, 0.5) is 4.39 Å². The molecule has 1 heterocycles. The first-order valence-corrected chi connectivity index (χ1v) is 5.88. The van der Waals surface area contributed by atoms with E-state index < -0.39 is 0 Å². The quantitative estimate of drug-likeness (QED) is 0.720. The summed E-state index contributed by atoms with van der Waals surface area (Å²) in [4.78, 5) is 4.08. The lowest BCUT2D eigenvalue weighted by Gasteiger charge is -2.00. The number of thiazole rings is 1. The molecular weight excluding hydrogens is 277 g/mol. The number of nitrogens with zero attached hydrogens (tertiary/aromatic N) is 1. The molecule has 1 aromatic heterocycles. The van der Waals surface area contributed by atoms with Crippen LogP contribution in [-0.4, -0.2) is 4.98 Å². The molecule has 5 heteroatoms. The van der Waals surface area contributed by atoms with E-state index in [1.807, 2.05) is 0 Å². The molecule has 68 valence electrons. The van der Waals surface area contributed by atoms with Crippen molar-refractivity contribution in [2.24, 2.45) is 0 Å². The van der Waals surface area contributed by atoms with Gasteiger partial charge in [0, 0.05) is 10.9 Å². The monoisotopic (exact) mass is 279 g/mol. The van der Waals surface area contributed by atoms with Gasteiger partial charge in [-0.1, -0.05) is 27.5 Å². The molecule has 0 aliphatic heterocycles. The van der Waals surface area contributed by atoms with Gasteiger partial charge < -0.3 is 0 Å². The largest absolute Gasteiger partial charge is 0.244 e. The number of halogens is 3. The van der Waals surface area contributed by atoms with Crippen molar-refractivity contribution in [1.82, 2.24) is 4.98 Å². The Bertz CT molecular complexity index is 457. The summed E-state index contributed by atoms with van der Waals surface area (Å²) >= 11 is 10.5. The Morgan fingerprint density at radius 1 is 1.62 bits per heavy atom. The smallest absolute Gasteiger partial charge is 0.130 e. The maximum atomic E-state index is 13.3. The summed E-state index contributed by atoms with van der Waals surface area (Å²) in [6.45, 7) is 0. The predicted octanol–water partition coefficient (Wildman–Crippen LogP) is 3.98. The molecule has 1 nitrogen and oxygen atoms in total. The number of aromatic nitrogens is 1. The van der Waals surface area contributed by atoms with Gasteiger partial charge in [-0.2, -0.15) is 0 Å². The molecule has 2 aromatic rings. The summed E-state index contributed by atoms with van der Waals surface area (Å²) in [6, 6.07) is 1.33. The van der Waals surface area contributed by atoms with Crippen molar-refractivity contribution in [2.45, 2.75) is 5.33 Å². The van der Waals surface area contributed by atoms with Crippen molar-refractivity contribution in [3.8, 4) is 0 Å². The Morgan fingerprint density at radius 3 is 3.08 bits per heavy atom. The van der Waals surface area contributed by atoms with E-state index in [-0.39, 0.29) is 5.82 Å². The molecule has 0 amide bonds. The highest BCUT2D eigenvalue weighted by molar-refractivity contribution is 9.08. The van der Waals surface area contributed by atoms with Gasteiger partial charge in [-0.15, -0.1) is 11.3 Å². The normalized spacial score (nSPS) is 11.0. The van der Waals surface area contributed by atoms with Crippen LogP contribution in [0.1, 0.15) is 5.56 Å². The molecule has 0 unspecified atom stereocenters. The molecular formula is C8H4BrClFNS. The summed E-state index contributed by atoms with van der Waals surface area (Å²) in [5.41, 5.74) is 2.90. The van der Waals surface area contributed by atoms with E-state index in [0.29, 0.717) is 21.4 Å². The fraction of sp³-hybridized carbons (Fsp3) is 0.125. The Hall–Kier alpha value is -0.190. The molecule has 2 rings (SSSR count). The Morgan fingerprint density at radius 2 is 2.38 bits per heavy atom. The lowest BCUT2D eigenvalue weighted by molar-refractivity contribution is 0.620. The van der Waals surface area contributed by atoms with Crippen molar-refractivity contribution >= 4 is 49.1 Å². The topological polar surface area (TPSA) is 12.9 Å². The molecule has 1 aromatic carbocycles. The standard InChI is InChI=1S/C8H4BrClFNS/c9-2-4-6(11)1-5(10)8-7(4)12-3-13-8/h1,3H,2H2. The average Bonchev–Trinajstić information content (AvgIpc) is 2.53. The Kier molecular flexibility index (Phi) is 2.53. The van der Waals surface area contributed by atoms with Crippen LogP contribution in [0.25, 0.3) is 10.2 Å². The van der Waals surface area contributed by atoms with Gasteiger partial charge in [-0.25, -0.2) is 9.37 Å². The van der Waals surface area contributed by atoms with E-state index >= 15 is 0 Å². The van der Waals surface area contributed by atoms with Crippen molar-refractivity contribution in [1.29, 1.82) is 0 Å². The highest BCUT2D eigenvalue weighted by Crippen LogP contribution is 2.32. The summed E-state index contributed by atoms with van der Waals surface area (Å²) < 4.78 is 14.2. The third-order valence-corrected chi connectivity index (χ3v) is 3.58. The molecule has 0 radical (unpaired) electrons. The summed E-state index contributed by atoms with van der Waals surface area (Å²) in [5.74, 6) is -0.305. The first kappa shape index (κ1) is 9.37. The number of hydrogen-bond acceptors (Lipinski definition) is 2. The van der Waals surface area contributed by atoms with Gasteiger partial charge in [-0.3, -0.25) is 0 Å². The van der Waals surface area contributed by atoms with Gasteiger partial charge in [0.05, 0.1) is 20.7 Å². The van der Waals surface area contributed by atoms with Gasteiger partial charge in [0.1, 0.15) is 5.82 Å². The van der Waals surface area contributed by atoms with Crippen molar-refractivity contribution in [3.63, 3.8) is 0 Å². The SMILES string of the molecule is Fc1cc(Cl)c2scnc2c1CBr. The first-order valence-electron chi connectivity index (χ1n) is 3.50. The van der Waals surface area contributed by atoms with E-state index in [9.17, 15) is 4.39 Å². The fourth-order valence-electron chi connectivity index (χ4n) is 1.13. The van der Waals surface area contributed by atoms with Crippen LogP contribution >= 0.6 is 38.9 Å². The van der Waals surface area contributed by atoms with Gasteiger partial charge >= 0.3 is 0 Å². The number of hydrogen-bond donors (Lipinski definition) is 0. The molecule has 0 saturated carbocycles. The van der Waals surface area contributed by atoms with E-state index in [4.69, 9.17) is 11.6 Å². The van der Waals surface area contributed by atoms with E-state index in [2.05, 4.69) is 20.9 Å². The number of alkyl halides is 1. The molecule has 0 aliphatic rings. The highest BCUT2D eigenvalue weighted by atomic mass is 79.9. The lowest BCUT2D eigenvalue weighted by Crippen LogP contribution is -1.88. The predicted molar refractivity (Wildman–Crippen MR) is 57.2 cm³/mol. The van der Waals surface area contributed by atoms with Crippen molar-refractivity contribution in [2.75, 3.05) is 0 Å². The molecule has 0 saturated heterocycles. The number of rotatable bonds is 1. The summed E-state index contributed by atoms with van der Waals surface area (Å²) in [6.07, 6.45) is 0. The van der Waals surface area contributed by atoms with Crippen LogP contribution in [0.15, 0.2) is 11.6 Å². The zero-order valence-corrected chi connectivity index (χ0v) is 9.51. The minimum Gasteiger partial charge on any atom is -0.244 e. The lowest BCUT2D eigenvalue weighted by atomic mass is 10.2. The van der Waals surface area contributed by atoms with Crippen LogP contribution in [0.5, 0.6) is 0 Å². The molecule has 0 bridgehead atoms. The molecule has 0 atom stereocenters. The van der Waals surface area contributed by atoms with Crippen LogP contribution in [0.2, 0.25) is 5.02 Å². The zero-order valence-electron chi connectivity index (χ0n) is 6.35. The number of benzene rings is 1. The van der Waals surface area contributed by atoms with E-state index in [0.717, 1.165) is 4.70 Å². The van der Waals surface area contributed by atoms with Gasteiger partial charge in [0.2, 0.25) is 0 Å². The Labute approximate surface area is 91.7 Å². The molecule has 0 fully saturated rings. The highest BCUT2D eigenvalue weighted by Gasteiger charge is 2.12. The minimum atomic E-state index is -0.305. The van der Waals surface area contributed by atoms with Gasteiger partial charge in [-0.05, 0) is 6.07 Å². The second-order valence-corrected chi connectivity index (χ2v) is 4.31. The average molecular weight is 281 g/mol. The van der Waals surface area contributed by atoms with Crippen LogP contribution < -0.4 is 0 Å². The summed E-state index contributed by atoms with van der Waals surface area (Å²) in [7, 11) is 0. The maximum absolute atomic E-state index is 13.3. The molecule has 0 spiro atoms. The molecule has 0 aliphatic carbocycles. The first-order chi connectivity index (χ1) is 6.24. The number of fused-ring (bicyclic) bond motifs is 1. The minimum absolute atomic E-state index is 0.305. The fourth-order valence-corrected chi connectivity index (χ4v) is 2.71. The van der Waals surface area contributed by atoms with Crippen molar-refractivity contribution < 1.29 is 4.39 Å². The van der Waals surface area contributed by atoms with Gasteiger partial charge in [0.15, 0.2) is 0 Å². The van der Waals surface area contributed by atoms with E-state index in [1.54, 1.807) is 5.51 Å². The Balaban J connectivity index is 2.88. The third kappa shape index (κ3) is 1.47. The zero-order chi connectivity index (χ0) is 9.42. The van der Waals surface area contributed by atoms with E-state index in [1.165, 1.54) is 17.4 Å². The van der Waals surface area contributed by atoms with Crippen molar-refractivity contribution in [3.05, 3.63) is 28.0 Å². The third-order valence-electron chi connectivity index (χ3n) is 1.75. The molecule has 13 heavy (non-hydrogen) atoms.